The summed E-state index contributed by atoms with van der Waals surface area (Å²) in [7, 11) is 0. The summed E-state index contributed by atoms with van der Waals surface area (Å²) >= 11 is 12.6. The summed E-state index contributed by atoms with van der Waals surface area (Å²) in [5.74, 6) is -0.344. The van der Waals surface area contributed by atoms with Gasteiger partial charge in [-0.15, -0.1) is 0 Å². The zero-order valence-corrected chi connectivity index (χ0v) is 16.0. The highest BCUT2D eigenvalue weighted by atomic mass is 35.5. The molecule has 0 fully saturated rings. The van der Waals surface area contributed by atoms with Gasteiger partial charge < -0.3 is 10.6 Å². The number of hydrogen-bond acceptors (Lipinski definition) is 2. The summed E-state index contributed by atoms with van der Waals surface area (Å²) in [6, 6.07) is 11.1. The zero-order valence-electron chi connectivity index (χ0n) is 14.5. The zero-order chi connectivity index (χ0) is 18.8. The van der Waals surface area contributed by atoms with E-state index in [1.165, 1.54) is 13.8 Å². The first kappa shape index (κ1) is 19.3. The Morgan fingerprint density at radius 2 is 1.16 bits per heavy atom. The Labute approximate surface area is 157 Å². The number of benzene rings is 2. The third kappa shape index (κ3) is 4.53. The molecular formula is C19H20Cl2N2O2. The fourth-order valence-electron chi connectivity index (χ4n) is 2.56. The Kier molecular flexibility index (Phi) is 5.76. The molecule has 132 valence electrons. The summed E-state index contributed by atoms with van der Waals surface area (Å²) in [5.41, 5.74) is 2.75. The van der Waals surface area contributed by atoms with Gasteiger partial charge in [0.2, 0.25) is 11.8 Å². The van der Waals surface area contributed by atoms with E-state index in [0.717, 1.165) is 11.1 Å². The minimum Gasteiger partial charge on any atom is -0.325 e. The van der Waals surface area contributed by atoms with Crippen LogP contribution in [0.2, 0.25) is 10.0 Å². The molecule has 2 amide bonds. The minimum absolute atomic E-state index is 0.172. The number of halogens is 2. The van der Waals surface area contributed by atoms with Crippen molar-refractivity contribution < 1.29 is 9.59 Å². The van der Waals surface area contributed by atoms with Gasteiger partial charge in [-0.3, -0.25) is 9.59 Å². The average Bonchev–Trinajstić information content (AvgIpc) is 2.50. The number of carbonyl (C=O) groups excluding carboxylic acids is 2. The molecule has 0 aromatic heterocycles. The van der Waals surface area contributed by atoms with Crippen molar-refractivity contribution >= 4 is 46.4 Å². The molecule has 0 heterocycles. The van der Waals surface area contributed by atoms with Crippen molar-refractivity contribution in [2.75, 3.05) is 10.6 Å². The van der Waals surface area contributed by atoms with E-state index in [2.05, 4.69) is 24.5 Å². The predicted octanol–water partition coefficient (Wildman–Crippen LogP) is 5.24. The van der Waals surface area contributed by atoms with Gasteiger partial charge in [0, 0.05) is 19.3 Å². The highest BCUT2D eigenvalue weighted by Crippen LogP contribution is 2.37. The monoisotopic (exact) mass is 378 g/mol. The highest BCUT2D eigenvalue weighted by Gasteiger charge is 2.25. The summed E-state index contributed by atoms with van der Waals surface area (Å²) < 4.78 is 0. The van der Waals surface area contributed by atoms with Crippen molar-refractivity contribution in [3.8, 4) is 0 Å². The van der Waals surface area contributed by atoms with Gasteiger partial charge in [0.15, 0.2) is 0 Å². The highest BCUT2D eigenvalue weighted by molar-refractivity contribution is 6.34. The van der Waals surface area contributed by atoms with E-state index in [1.807, 2.05) is 24.3 Å². The summed E-state index contributed by atoms with van der Waals surface area (Å²) in [4.78, 5) is 22.4. The van der Waals surface area contributed by atoms with Crippen LogP contribution in [0.5, 0.6) is 0 Å². The number of rotatable bonds is 4. The molecule has 0 aliphatic heterocycles. The third-order valence-corrected chi connectivity index (χ3v) is 4.63. The van der Waals surface area contributed by atoms with Gasteiger partial charge in [-0.25, -0.2) is 0 Å². The number of hydrogen-bond donors (Lipinski definition) is 2. The van der Waals surface area contributed by atoms with E-state index in [0.29, 0.717) is 21.4 Å². The fraction of sp³-hybridized carbons (Fsp3) is 0.263. The first-order valence-corrected chi connectivity index (χ1v) is 8.52. The molecule has 0 radical (unpaired) electrons. The molecule has 0 saturated heterocycles. The predicted molar refractivity (Wildman–Crippen MR) is 104 cm³/mol. The quantitative estimate of drug-likeness (QED) is 0.764. The van der Waals surface area contributed by atoms with E-state index in [9.17, 15) is 9.59 Å². The normalized spacial score (nSPS) is 11.1. The number of anilines is 2. The molecule has 4 nitrogen and oxygen atoms in total. The molecule has 6 heteroatoms. The average molecular weight is 379 g/mol. The van der Waals surface area contributed by atoms with E-state index >= 15 is 0 Å². The van der Waals surface area contributed by atoms with Gasteiger partial charge in [0.25, 0.3) is 0 Å². The van der Waals surface area contributed by atoms with Gasteiger partial charge in [-0.1, -0.05) is 49.2 Å². The summed E-state index contributed by atoms with van der Waals surface area (Å²) in [6.45, 7) is 6.99. The van der Waals surface area contributed by atoms with Crippen LogP contribution in [0.25, 0.3) is 0 Å². The molecule has 2 rings (SSSR count). The van der Waals surface area contributed by atoms with Crippen molar-refractivity contribution in [2.24, 2.45) is 0 Å². The molecule has 0 bridgehead atoms. The van der Waals surface area contributed by atoms with Crippen LogP contribution in [0.3, 0.4) is 0 Å². The number of nitrogens with one attached hydrogen (secondary N) is 2. The Morgan fingerprint density at radius 1 is 0.800 bits per heavy atom. The third-order valence-electron chi connectivity index (χ3n) is 4.00. The Hall–Kier alpha value is -2.04. The van der Waals surface area contributed by atoms with E-state index in [1.54, 1.807) is 12.1 Å². The Balaban J connectivity index is 2.38. The molecule has 0 aliphatic carbocycles. The Morgan fingerprint density at radius 3 is 1.44 bits per heavy atom. The molecule has 2 N–H and O–H groups in total. The smallest absolute Gasteiger partial charge is 0.221 e. The van der Waals surface area contributed by atoms with Crippen LogP contribution >= 0.6 is 23.2 Å². The lowest BCUT2D eigenvalue weighted by Gasteiger charge is -2.27. The molecule has 0 spiro atoms. The molecule has 2 aromatic carbocycles. The standard InChI is InChI=1S/C19H20Cl2N2O2/c1-11(24)22-17-7-5-13(9-15(17)20)19(3,4)14-6-8-18(16(21)10-14)23-12(2)25/h5-10H,1-4H3,(H,22,24)(H,23,25). The van der Waals surface area contributed by atoms with Gasteiger partial charge >= 0.3 is 0 Å². The van der Waals surface area contributed by atoms with Crippen molar-refractivity contribution in [2.45, 2.75) is 33.1 Å². The molecule has 0 unspecified atom stereocenters. The number of carbonyl (C=O) groups is 2. The van der Waals surface area contributed by atoms with Crippen LogP contribution < -0.4 is 10.6 Å². The van der Waals surface area contributed by atoms with E-state index < -0.39 is 0 Å². The van der Waals surface area contributed by atoms with Crippen molar-refractivity contribution in [1.82, 2.24) is 0 Å². The van der Waals surface area contributed by atoms with E-state index in [4.69, 9.17) is 23.2 Å². The second-order valence-corrected chi connectivity index (χ2v) is 7.19. The molecule has 2 aromatic rings. The van der Waals surface area contributed by atoms with Crippen LogP contribution in [-0.4, -0.2) is 11.8 Å². The van der Waals surface area contributed by atoms with Crippen LogP contribution in [-0.2, 0) is 15.0 Å². The van der Waals surface area contributed by atoms with Gasteiger partial charge in [0.05, 0.1) is 21.4 Å². The van der Waals surface area contributed by atoms with Crippen LogP contribution in [0.15, 0.2) is 36.4 Å². The van der Waals surface area contributed by atoms with Crippen molar-refractivity contribution in [3.63, 3.8) is 0 Å². The summed E-state index contributed by atoms with van der Waals surface area (Å²) in [5, 5.41) is 6.34. The SMILES string of the molecule is CC(=O)Nc1ccc(C(C)(C)c2ccc(NC(C)=O)c(Cl)c2)cc1Cl. The fourth-order valence-corrected chi connectivity index (χ4v) is 3.01. The lowest BCUT2D eigenvalue weighted by atomic mass is 9.78. The van der Waals surface area contributed by atoms with Crippen molar-refractivity contribution in [1.29, 1.82) is 0 Å². The first-order chi connectivity index (χ1) is 11.6. The van der Waals surface area contributed by atoms with Crippen LogP contribution in [0, 0.1) is 0 Å². The maximum atomic E-state index is 11.2. The van der Waals surface area contributed by atoms with Gasteiger partial charge in [-0.05, 0) is 35.4 Å². The largest absolute Gasteiger partial charge is 0.325 e. The molecular weight excluding hydrogens is 359 g/mol. The minimum atomic E-state index is -0.364. The lowest BCUT2D eigenvalue weighted by molar-refractivity contribution is -0.115. The van der Waals surface area contributed by atoms with Gasteiger partial charge in [0.1, 0.15) is 0 Å². The summed E-state index contributed by atoms with van der Waals surface area (Å²) in [6.07, 6.45) is 0. The van der Waals surface area contributed by atoms with Crippen LogP contribution in [0.4, 0.5) is 11.4 Å². The molecule has 0 aliphatic rings. The first-order valence-electron chi connectivity index (χ1n) is 7.76. The second-order valence-electron chi connectivity index (χ2n) is 6.38. The second kappa shape index (κ2) is 7.46. The maximum absolute atomic E-state index is 11.2. The lowest BCUT2D eigenvalue weighted by Crippen LogP contribution is -2.19. The van der Waals surface area contributed by atoms with Crippen LogP contribution in [0.1, 0.15) is 38.8 Å². The molecule has 0 saturated carbocycles. The van der Waals surface area contributed by atoms with Crippen molar-refractivity contribution in [3.05, 3.63) is 57.6 Å². The van der Waals surface area contributed by atoms with Gasteiger partial charge in [-0.2, -0.15) is 0 Å². The topological polar surface area (TPSA) is 58.2 Å². The number of amides is 2. The maximum Gasteiger partial charge on any atom is 0.221 e. The van der Waals surface area contributed by atoms with E-state index in [-0.39, 0.29) is 17.2 Å². The molecule has 25 heavy (non-hydrogen) atoms. The Bertz CT molecular complexity index is 765. The molecule has 0 atom stereocenters.